The Morgan fingerprint density at radius 2 is 2.35 bits per heavy atom. The van der Waals surface area contributed by atoms with E-state index in [2.05, 4.69) is 24.1 Å². The molecule has 0 spiro atoms. The minimum atomic E-state index is -0.344. The summed E-state index contributed by atoms with van der Waals surface area (Å²) < 4.78 is 0. The maximum atomic E-state index is 11.0. The van der Waals surface area contributed by atoms with Crippen molar-refractivity contribution in [2.75, 3.05) is 26.2 Å². The summed E-state index contributed by atoms with van der Waals surface area (Å²) in [5, 5.41) is 5.27. The number of nitrogens with one attached hydrogen (secondary N) is 1. The van der Waals surface area contributed by atoms with Gasteiger partial charge in [-0.15, -0.1) is 11.3 Å². The van der Waals surface area contributed by atoms with Crippen LogP contribution in [-0.4, -0.2) is 37.0 Å². The molecule has 0 radical (unpaired) electrons. The fraction of sp³-hybridized carbons (Fsp3) is 0.667. The molecule has 1 aliphatic heterocycles. The Morgan fingerprint density at radius 1 is 1.55 bits per heavy atom. The molecule has 0 unspecified atom stereocenters. The number of carbonyl (C=O) groups excluding carboxylic acids is 1. The van der Waals surface area contributed by atoms with E-state index in [0.29, 0.717) is 11.0 Å². The van der Waals surface area contributed by atoms with E-state index in [4.69, 9.17) is 5.73 Å². The largest absolute Gasteiger partial charge is 0.366 e. The number of nitrogens with zero attached hydrogens (tertiary/aromatic N) is 1. The Bertz CT molecular complexity index is 456. The molecule has 2 heterocycles. The van der Waals surface area contributed by atoms with Crippen LogP contribution >= 0.6 is 11.3 Å². The molecular weight excluding hydrogens is 270 g/mol. The van der Waals surface area contributed by atoms with Crippen LogP contribution < -0.4 is 11.1 Å². The standard InChI is InChI=1S/C15H25N3OS/c1-15(2)4-3-6-18(11-15)7-5-17-9-13-8-12(10-20-13)14(16)19/h8,10,17H,3-7,9,11H2,1-2H3,(H2,16,19). The van der Waals surface area contributed by atoms with Crippen LogP contribution in [0.2, 0.25) is 0 Å². The SMILES string of the molecule is CC1(C)CCCN(CCNCc2cc(C(N)=O)cs2)C1. The van der Waals surface area contributed by atoms with Crippen molar-refractivity contribution >= 4 is 17.2 Å². The van der Waals surface area contributed by atoms with Crippen LogP contribution in [0.4, 0.5) is 0 Å². The van der Waals surface area contributed by atoms with Crippen molar-refractivity contribution in [3.05, 3.63) is 21.9 Å². The molecule has 0 aliphatic carbocycles. The topological polar surface area (TPSA) is 58.4 Å². The van der Waals surface area contributed by atoms with Crippen molar-refractivity contribution in [1.82, 2.24) is 10.2 Å². The molecule has 0 atom stereocenters. The maximum Gasteiger partial charge on any atom is 0.249 e. The fourth-order valence-electron chi connectivity index (χ4n) is 2.79. The minimum absolute atomic E-state index is 0.344. The highest BCUT2D eigenvalue weighted by atomic mass is 32.1. The van der Waals surface area contributed by atoms with Crippen molar-refractivity contribution in [3.63, 3.8) is 0 Å². The molecule has 1 aromatic heterocycles. The van der Waals surface area contributed by atoms with Crippen LogP contribution in [0.25, 0.3) is 0 Å². The van der Waals surface area contributed by atoms with E-state index in [0.717, 1.165) is 24.5 Å². The lowest BCUT2D eigenvalue weighted by molar-refractivity contribution is 0.100. The number of nitrogens with two attached hydrogens (primary N) is 1. The molecule has 1 aromatic rings. The molecule has 0 saturated carbocycles. The van der Waals surface area contributed by atoms with Crippen LogP contribution in [-0.2, 0) is 6.54 Å². The summed E-state index contributed by atoms with van der Waals surface area (Å²) in [6, 6.07) is 1.88. The quantitative estimate of drug-likeness (QED) is 0.790. The molecule has 5 heteroatoms. The van der Waals surface area contributed by atoms with Crippen LogP contribution in [0.15, 0.2) is 11.4 Å². The average Bonchev–Trinajstić information content (AvgIpc) is 2.82. The Morgan fingerprint density at radius 3 is 3.00 bits per heavy atom. The van der Waals surface area contributed by atoms with E-state index in [1.54, 1.807) is 11.3 Å². The second kappa shape index (κ2) is 6.70. The molecule has 0 bridgehead atoms. The third kappa shape index (κ3) is 4.58. The van der Waals surface area contributed by atoms with Crippen molar-refractivity contribution < 1.29 is 4.79 Å². The van der Waals surface area contributed by atoms with Gasteiger partial charge in [-0.3, -0.25) is 4.79 Å². The number of amides is 1. The van der Waals surface area contributed by atoms with E-state index >= 15 is 0 Å². The van der Waals surface area contributed by atoms with E-state index < -0.39 is 0 Å². The summed E-state index contributed by atoms with van der Waals surface area (Å²) in [5.74, 6) is -0.344. The van der Waals surface area contributed by atoms with Gasteiger partial charge in [-0.05, 0) is 30.9 Å². The van der Waals surface area contributed by atoms with Gasteiger partial charge in [-0.1, -0.05) is 13.8 Å². The first-order chi connectivity index (χ1) is 9.46. The predicted octanol–water partition coefficient (Wildman–Crippen LogP) is 2.06. The first kappa shape index (κ1) is 15.5. The number of hydrogen-bond acceptors (Lipinski definition) is 4. The molecule has 1 aliphatic rings. The number of piperidine rings is 1. The molecule has 112 valence electrons. The number of hydrogen-bond donors (Lipinski definition) is 2. The fourth-order valence-corrected chi connectivity index (χ4v) is 3.63. The molecule has 1 amide bonds. The lowest BCUT2D eigenvalue weighted by Gasteiger charge is -2.38. The average molecular weight is 295 g/mol. The summed E-state index contributed by atoms with van der Waals surface area (Å²) in [6.45, 7) is 10.0. The van der Waals surface area contributed by atoms with Gasteiger partial charge in [0.1, 0.15) is 0 Å². The summed E-state index contributed by atoms with van der Waals surface area (Å²) in [6.07, 6.45) is 2.64. The highest BCUT2D eigenvalue weighted by Gasteiger charge is 2.25. The summed E-state index contributed by atoms with van der Waals surface area (Å²) in [7, 11) is 0. The Balaban J connectivity index is 1.67. The molecule has 2 rings (SSSR count). The zero-order chi connectivity index (χ0) is 14.6. The minimum Gasteiger partial charge on any atom is -0.366 e. The zero-order valence-corrected chi connectivity index (χ0v) is 13.3. The Kier molecular flexibility index (Phi) is 5.18. The molecular formula is C15H25N3OS. The van der Waals surface area contributed by atoms with Crippen molar-refractivity contribution in [1.29, 1.82) is 0 Å². The molecule has 1 fully saturated rings. The Hall–Kier alpha value is -0.910. The summed E-state index contributed by atoms with van der Waals surface area (Å²) in [5.41, 5.74) is 6.32. The predicted molar refractivity (Wildman–Crippen MR) is 84.0 cm³/mol. The Labute approximate surface area is 125 Å². The number of carbonyl (C=O) groups is 1. The molecule has 4 nitrogen and oxygen atoms in total. The van der Waals surface area contributed by atoms with E-state index in [-0.39, 0.29) is 5.91 Å². The van der Waals surface area contributed by atoms with E-state index in [9.17, 15) is 4.79 Å². The van der Waals surface area contributed by atoms with Crippen LogP contribution in [0.1, 0.15) is 41.9 Å². The normalized spacial score (nSPS) is 19.1. The van der Waals surface area contributed by atoms with E-state index in [1.807, 2.05) is 11.4 Å². The van der Waals surface area contributed by atoms with Gasteiger partial charge in [-0.2, -0.15) is 0 Å². The molecule has 1 saturated heterocycles. The van der Waals surface area contributed by atoms with Crippen LogP contribution in [0.5, 0.6) is 0 Å². The smallest absolute Gasteiger partial charge is 0.249 e. The molecule has 0 aromatic carbocycles. The number of rotatable bonds is 6. The highest BCUT2D eigenvalue weighted by molar-refractivity contribution is 7.10. The van der Waals surface area contributed by atoms with Crippen molar-refractivity contribution in [2.45, 2.75) is 33.2 Å². The van der Waals surface area contributed by atoms with Gasteiger partial charge >= 0.3 is 0 Å². The zero-order valence-electron chi connectivity index (χ0n) is 12.4. The van der Waals surface area contributed by atoms with Crippen LogP contribution in [0, 0.1) is 5.41 Å². The van der Waals surface area contributed by atoms with Gasteiger partial charge in [0.05, 0.1) is 5.56 Å². The molecule has 20 heavy (non-hydrogen) atoms. The van der Waals surface area contributed by atoms with Crippen molar-refractivity contribution in [2.24, 2.45) is 11.1 Å². The van der Waals surface area contributed by atoms with Gasteiger partial charge in [0.15, 0.2) is 0 Å². The molecule has 3 N–H and O–H groups in total. The lowest BCUT2D eigenvalue weighted by atomic mass is 9.84. The van der Waals surface area contributed by atoms with Gasteiger partial charge in [0, 0.05) is 36.4 Å². The van der Waals surface area contributed by atoms with Crippen LogP contribution in [0.3, 0.4) is 0 Å². The lowest BCUT2D eigenvalue weighted by Crippen LogP contribution is -2.42. The third-order valence-corrected chi connectivity index (χ3v) is 4.76. The first-order valence-electron chi connectivity index (χ1n) is 7.27. The number of likely N-dealkylation sites (tertiary alicyclic amines) is 1. The van der Waals surface area contributed by atoms with Gasteiger partial charge in [-0.25, -0.2) is 0 Å². The van der Waals surface area contributed by atoms with Gasteiger partial charge in [0.25, 0.3) is 0 Å². The maximum absolute atomic E-state index is 11.0. The summed E-state index contributed by atoms with van der Waals surface area (Å²) in [4.78, 5) is 14.7. The monoisotopic (exact) mass is 295 g/mol. The van der Waals surface area contributed by atoms with Gasteiger partial charge < -0.3 is 16.0 Å². The number of primary amides is 1. The second-order valence-electron chi connectivity index (χ2n) is 6.39. The highest BCUT2D eigenvalue weighted by Crippen LogP contribution is 2.27. The van der Waals surface area contributed by atoms with E-state index in [1.165, 1.54) is 25.9 Å². The van der Waals surface area contributed by atoms with Crippen molar-refractivity contribution in [3.8, 4) is 0 Å². The van der Waals surface area contributed by atoms with Gasteiger partial charge in [0.2, 0.25) is 5.91 Å². The first-order valence-corrected chi connectivity index (χ1v) is 8.14. The second-order valence-corrected chi connectivity index (χ2v) is 7.38. The third-order valence-electron chi connectivity index (χ3n) is 3.82. The number of thiophene rings is 1. The summed E-state index contributed by atoms with van der Waals surface area (Å²) >= 11 is 1.59.